The smallest absolute Gasteiger partial charge is 0.238 e. The summed E-state index contributed by atoms with van der Waals surface area (Å²) in [6.07, 6.45) is 2.70. The molecular formula is C13H18N2O. The van der Waals surface area contributed by atoms with Gasteiger partial charge in [0.25, 0.3) is 0 Å². The Morgan fingerprint density at radius 1 is 1.44 bits per heavy atom. The van der Waals surface area contributed by atoms with Crippen LogP contribution < -0.4 is 10.6 Å². The summed E-state index contributed by atoms with van der Waals surface area (Å²) in [5, 5.41) is 5.93. The summed E-state index contributed by atoms with van der Waals surface area (Å²) in [6.45, 7) is 6.00. The Hall–Kier alpha value is -1.61. The van der Waals surface area contributed by atoms with Crippen molar-refractivity contribution in [3.8, 4) is 0 Å². The van der Waals surface area contributed by atoms with E-state index in [9.17, 15) is 4.79 Å². The van der Waals surface area contributed by atoms with Gasteiger partial charge in [-0.25, -0.2) is 0 Å². The van der Waals surface area contributed by atoms with E-state index in [1.807, 2.05) is 43.3 Å². The minimum atomic E-state index is -0.0258. The molecule has 0 radical (unpaired) electrons. The third kappa shape index (κ3) is 4.75. The lowest BCUT2D eigenvalue weighted by Crippen LogP contribution is -2.34. The normalized spacial score (nSPS) is 11.8. The van der Waals surface area contributed by atoms with Gasteiger partial charge in [0.05, 0.1) is 6.54 Å². The Bertz CT molecular complexity index is 335. The van der Waals surface area contributed by atoms with Gasteiger partial charge in [-0.2, -0.15) is 0 Å². The average Bonchev–Trinajstić information content (AvgIpc) is 2.28. The van der Waals surface area contributed by atoms with Crippen LogP contribution in [0.25, 0.3) is 0 Å². The van der Waals surface area contributed by atoms with E-state index in [-0.39, 0.29) is 11.9 Å². The SMILES string of the molecule is C=CCC(C)NCC(=O)Nc1ccccc1. The van der Waals surface area contributed by atoms with E-state index in [0.29, 0.717) is 6.54 Å². The Morgan fingerprint density at radius 2 is 2.12 bits per heavy atom. The van der Waals surface area contributed by atoms with Gasteiger partial charge >= 0.3 is 0 Å². The highest BCUT2D eigenvalue weighted by molar-refractivity contribution is 5.92. The molecular weight excluding hydrogens is 200 g/mol. The van der Waals surface area contributed by atoms with Crippen molar-refractivity contribution in [2.45, 2.75) is 19.4 Å². The van der Waals surface area contributed by atoms with E-state index in [0.717, 1.165) is 12.1 Å². The van der Waals surface area contributed by atoms with E-state index >= 15 is 0 Å². The molecule has 86 valence electrons. The number of carbonyl (C=O) groups is 1. The molecule has 1 amide bonds. The van der Waals surface area contributed by atoms with E-state index < -0.39 is 0 Å². The molecule has 0 spiro atoms. The first-order chi connectivity index (χ1) is 7.72. The van der Waals surface area contributed by atoms with Gasteiger partial charge < -0.3 is 10.6 Å². The minimum Gasteiger partial charge on any atom is -0.325 e. The van der Waals surface area contributed by atoms with Crippen LogP contribution >= 0.6 is 0 Å². The lowest BCUT2D eigenvalue weighted by molar-refractivity contribution is -0.115. The molecule has 0 saturated heterocycles. The van der Waals surface area contributed by atoms with Crippen molar-refractivity contribution in [3.63, 3.8) is 0 Å². The van der Waals surface area contributed by atoms with Gasteiger partial charge in [0.1, 0.15) is 0 Å². The molecule has 0 aliphatic heterocycles. The highest BCUT2D eigenvalue weighted by Crippen LogP contribution is 2.04. The number of para-hydroxylation sites is 1. The standard InChI is InChI=1S/C13H18N2O/c1-3-7-11(2)14-10-13(16)15-12-8-5-4-6-9-12/h3-6,8-9,11,14H,1,7,10H2,2H3,(H,15,16). The zero-order valence-corrected chi connectivity index (χ0v) is 9.57. The first-order valence-corrected chi connectivity index (χ1v) is 5.41. The molecule has 0 bridgehead atoms. The monoisotopic (exact) mass is 218 g/mol. The van der Waals surface area contributed by atoms with Crippen molar-refractivity contribution >= 4 is 11.6 Å². The number of rotatable bonds is 6. The third-order valence-electron chi connectivity index (χ3n) is 2.19. The maximum atomic E-state index is 11.5. The second-order valence-electron chi connectivity index (χ2n) is 3.72. The number of nitrogens with one attached hydrogen (secondary N) is 2. The summed E-state index contributed by atoms with van der Waals surface area (Å²) in [7, 11) is 0. The van der Waals surface area contributed by atoms with Gasteiger partial charge in [0.2, 0.25) is 5.91 Å². The maximum absolute atomic E-state index is 11.5. The van der Waals surface area contributed by atoms with Gasteiger partial charge in [-0.05, 0) is 25.5 Å². The van der Waals surface area contributed by atoms with Gasteiger partial charge in [-0.3, -0.25) is 4.79 Å². The van der Waals surface area contributed by atoms with Crippen molar-refractivity contribution in [1.29, 1.82) is 0 Å². The van der Waals surface area contributed by atoms with Crippen LogP contribution in [-0.4, -0.2) is 18.5 Å². The van der Waals surface area contributed by atoms with Crippen LogP contribution in [-0.2, 0) is 4.79 Å². The van der Waals surface area contributed by atoms with Crippen LogP contribution in [0.3, 0.4) is 0 Å². The number of hydrogen-bond donors (Lipinski definition) is 2. The molecule has 1 atom stereocenters. The Balaban J connectivity index is 2.29. The van der Waals surface area contributed by atoms with Crippen LogP contribution in [0.5, 0.6) is 0 Å². The first kappa shape index (κ1) is 12.5. The van der Waals surface area contributed by atoms with Gasteiger partial charge in [-0.1, -0.05) is 24.3 Å². The summed E-state index contributed by atoms with van der Waals surface area (Å²) in [4.78, 5) is 11.5. The Labute approximate surface area is 96.6 Å². The van der Waals surface area contributed by atoms with Crippen LogP contribution in [0.1, 0.15) is 13.3 Å². The second-order valence-corrected chi connectivity index (χ2v) is 3.72. The molecule has 1 rings (SSSR count). The molecule has 16 heavy (non-hydrogen) atoms. The summed E-state index contributed by atoms with van der Waals surface area (Å²) >= 11 is 0. The van der Waals surface area contributed by atoms with Crippen molar-refractivity contribution in [1.82, 2.24) is 5.32 Å². The fourth-order valence-electron chi connectivity index (χ4n) is 1.33. The van der Waals surface area contributed by atoms with Gasteiger partial charge in [0.15, 0.2) is 0 Å². The predicted octanol–water partition coefficient (Wildman–Crippen LogP) is 2.18. The second kappa shape index (κ2) is 6.80. The molecule has 1 unspecified atom stereocenters. The lowest BCUT2D eigenvalue weighted by atomic mass is 10.2. The highest BCUT2D eigenvalue weighted by atomic mass is 16.1. The molecule has 0 saturated carbocycles. The van der Waals surface area contributed by atoms with Crippen LogP contribution in [0.15, 0.2) is 43.0 Å². The van der Waals surface area contributed by atoms with Crippen LogP contribution in [0, 0.1) is 0 Å². The highest BCUT2D eigenvalue weighted by Gasteiger charge is 2.04. The first-order valence-electron chi connectivity index (χ1n) is 5.41. The molecule has 1 aromatic rings. The van der Waals surface area contributed by atoms with Crippen molar-refractivity contribution < 1.29 is 4.79 Å². The maximum Gasteiger partial charge on any atom is 0.238 e. The quantitative estimate of drug-likeness (QED) is 0.718. The van der Waals surface area contributed by atoms with E-state index in [2.05, 4.69) is 17.2 Å². The van der Waals surface area contributed by atoms with Crippen molar-refractivity contribution in [3.05, 3.63) is 43.0 Å². The number of amides is 1. The molecule has 0 aromatic heterocycles. The number of hydrogen-bond acceptors (Lipinski definition) is 2. The molecule has 1 aromatic carbocycles. The summed E-state index contributed by atoms with van der Waals surface area (Å²) in [6, 6.07) is 9.71. The summed E-state index contributed by atoms with van der Waals surface area (Å²) in [5.74, 6) is -0.0258. The minimum absolute atomic E-state index is 0.0258. The zero-order valence-electron chi connectivity index (χ0n) is 9.57. The van der Waals surface area contributed by atoms with Crippen molar-refractivity contribution in [2.75, 3.05) is 11.9 Å². The fraction of sp³-hybridized carbons (Fsp3) is 0.308. The molecule has 0 aliphatic carbocycles. The van der Waals surface area contributed by atoms with Gasteiger partial charge in [0, 0.05) is 11.7 Å². The van der Waals surface area contributed by atoms with Crippen LogP contribution in [0.2, 0.25) is 0 Å². The van der Waals surface area contributed by atoms with Crippen LogP contribution in [0.4, 0.5) is 5.69 Å². The zero-order chi connectivity index (χ0) is 11.8. The average molecular weight is 218 g/mol. The molecule has 0 heterocycles. The molecule has 0 fully saturated rings. The van der Waals surface area contributed by atoms with E-state index in [1.54, 1.807) is 0 Å². The number of benzene rings is 1. The van der Waals surface area contributed by atoms with Crippen molar-refractivity contribution in [2.24, 2.45) is 0 Å². The van der Waals surface area contributed by atoms with E-state index in [4.69, 9.17) is 0 Å². The predicted molar refractivity (Wildman–Crippen MR) is 67.4 cm³/mol. The molecule has 2 N–H and O–H groups in total. The Kier molecular flexibility index (Phi) is 5.29. The molecule has 0 aliphatic rings. The largest absolute Gasteiger partial charge is 0.325 e. The van der Waals surface area contributed by atoms with E-state index in [1.165, 1.54) is 0 Å². The third-order valence-corrected chi connectivity index (χ3v) is 2.19. The Morgan fingerprint density at radius 3 is 2.75 bits per heavy atom. The summed E-state index contributed by atoms with van der Waals surface area (Å²) in [5.41, 5.74) is 0.825. The topological polar surface area (TPSA) is 41.1 Å². The number of carbonyl (C=O) groups excluding carboxylic acids is 1. The fourth-order valence-corrected chi connectivity index (χ4v) is 1.33. The molecule has 3 heteroatoms. The summed E-state index contributed by atoms with van der Waals surface area (Å²) < 4.78 is 0. The van der Waals surface area contributed by atoms with Gasteiger partial charge in [-0.15, -0.1) is 6.58 Å². The number of anilines is 1. The lowest BCUT2D eigenvalue weighted by Gasteiger charge is -2.11. The molecule has 3 nitrogen and oxygen atoms in total.